The van der Waals surface area contributed by atoms with Gasteiger partial charge in [0.2, 0.25) is 0 Å². The summed E-state index contributed by atoms with van der Waals surface area (Å²) in [6, 6.07) is 6.09. The largest absolute Gasteiger partial charge is 0.336 e. The molecular formula is C15H14ClF2N3. The fourth-order valence-corrected chi connectivity index (χ4v) is 2.77. The first-order valence-electron chi connectivity index (χ1n) is 6.71. The van der Waals surface area contributed by atoms with Crippen LogP contribution in [0.3, 0.4) is 0 Å². The normalized spacial score (nSPS) is 18.0. The summed E-state index contributed by atoms with van der Waals surface area (Å²) < 4.78 is 26.9. The van der Waals surface area contributed by atoms with Gasteiger partial charge >= 0.3 is 0 Å². The standard InChI is InChI=1S/C15H14ClF2N3/c16-14-6-11(1-2-15(14)18)21(12-3-4-19-8-12)13-5-10(17)7-20-9-13/h1-2,5-7,9,12,19H,3-4,8H2/t12-/m0/s1. The third kappa shape index (κ3) is 2.99. The van der Waals surface area contributed by atoms with Crippen LogP contribution in [-0.2, 0) is 0 Å². The smallest absolute Gasteiger partial charge is 0.143 e. The van der Waals surface area contributed by atoms with Gasteiger partial charge in [0.1, 0.15) is 11.6 Å². The summed E-state index contributed by atoms with van der Waals surface area (Å²) in [5.74, 6) is -0.876. The Kier molecular flexibility index (Phi) is 4.03. The van der Waals surface area contributed by atoms with Gasteiger partial charge in [-0.25, -0.2) is 8.78 Å². The first-order valence-corrected chi connectivity index (χ1v) is 7.08. The Balaban J connectivity index is 2.05. The quantitative estimate of drug-likeness (QED) is 0.940. The summed E-state index contributed by atoms with van der Waals surface area (Å²) in [7, 11) is 0. The van der Waals surface area contributed by atoms with E-state index in [1.165, 1.54) is 12.1 Å². The van der Waals surface area contributed by atoms with Crippen molar-refractivity contribution >= 4 is 23.0 Å². The van der Waals surface area contributed by atoms with E-state index in [4.69, 9.17) is 11.6 Å². The summed E-state index contributed by atoms with van der Waals surface area (Å²) in [5.41, 5.74) is 1.36. The van der Waals surface area contributed by atoms with E-state index >= 15 is 0 Å². The molecule has 0 spiro atoms. The minimum Gasteiger partial charge on any atom is -0.336 e. The molecule has 0 saturated carbocycles. The van der Waals surface area contributed by atoms with E-state index in [2.05, 4.69) is 10.3 Å². The molecule has 2 aromatic rings. The number of rotatable bonds is 3. The van der Waals surface area contributed by atoms with E-state index in [0.717, 1.165) is 31.4 Å². The summed E-state index contributed by atoms with van der Waals surface area (Å²) in [4.78, 5) is 5.84. The Bertz CT molecular complexity index is 645. The highest BCUT2D eigenvalue weighted by atomic mass is 35.5. The summed E-state index contributed by atoms with van der Waals surface area (Å²) >= 11 is 5.88. The van der Waals surface area contributed by atoms with Gasteiger partial charge in [-0.3, -0.25) is 4.98 Å². The lowest BCUT2D eigenvalue weighted by Crippen LogP contribution is -2.33. The number of halogens is 3. The second-order valence-corrected chi connectivity index (χ2v) is 5.38. The molecule has 0 radical (unpaired) electrons. The third-order valence-electron chi connectivity index (χ3n) is 3.55. The summed E-state index contributed by atoms with van der Waals surface area (Å²) in [5, 5.41) is 3.32. The molecule has 0 bridgehead atoms. The number of nitrogens with one attached hydrogen (secondary N) is 1. The first-order chi connectivity index (χ1) is 10.1. The van der Waals surface area contributed by atoms with Crippen LogP contribution in [0.5, 0.6) is 0 Å². The zero-order valence-corrected chi connectivity index (χ0v) is 11.9. The fraction of sp³-hybridized carbons (Fsp3) is 0.267. The van der Waals surface area contributed by atoms with Crippen molar-refractivity contribution in [3.05, 3.63) is 53.3 Å². The Labute approximate surface area is 126 Å². The molecule has 1 aromatic heterocycles. The minimum atomic E-state index is -0.470. The highest BCUT2D eigenvalue weighted by Crippen LogP contribution is 2.32. The topological polar surface area (TPSA) is 28.2 Å². The minimum absolute atomic E-state index is 0.0489. The SMILES string of the molecule is Fc1cncc(N(c2ccc(F)c(Cl)c2)[C@H]2CCNC2)c1. The van der Waals surface area contributed by atoms with Crippen LogP contribution < -0.4 is 10.2 Å². The molecule has 3 nitrogen and oxygen atoms in total. The third-order valence-corrected chi connectivity index (χ3v) is 3.84. The van der Waals surface area contributed by atoms with Gasteiger partial charge in [0.15, 0.2) is 0 Å². The Hall–Kier alpha value is -1.72. The van der Waals surface area contributed by atoms with Crippen LogP contribution in [-0.4, -0.2) is 24.1 Å². The molecule has 1 aliphatic rings. The highest BCUT2D eigenvalue weighted by Gasteiger charge is 2.25. The number of pyridine rings is 1. The zero-order valence-electron chi connectivity index (χ0n) is 11.2. The van der Waals surface area contributed by atoms with Gasteiger partial charge in [-0.2, -0.15) is 0 Å². The van der Waals surface area contributed by atoms with Crippen molar-refractivity contribution in [2.24, 2.45) is 0 Å². The number of hydrogen-bond donors (Lipinski definition) is 1. The average Bonchev–Trinajstić information content (AvgIpc) is 2.97. The molecule has 110 valence electrons. The Morgan fingerprint density at radius 3 is 2.71 bits per heavy atom. The van der Waals surface area contributed by atoms with Crippen molar-refractivity contribution in [2.45, 2.75) is 12.5 Å². The lowest BCUT2D eigenvalue weighted by atomic mass is 10.1. The van der Waals surface area contributed by atoms with Gasteiger partial charge < -0.3 is 10.2 Å². The van der Waals surface area contributed by atoms with Crippen LogP contribution in [0.4, 0.5) is 20.2 Å². The summed E-state index contributed by atoms with van der Waals surface area (Å²) in [6.45, 7) is 1.66. The average molecular weight is 310 g/mol. The molecule has 1 saturated heterocycles. The van der Waals surface area contributed by atoms with Crippen LogP contribution in [0.25, 0.3) is 0 Å². The number of hydrogen-bond acceptors (Lipinski definition) is 3. The first kappa shape index (κ1) is 14.2. The second kappa shape index (κ2) is 5.95. The summed E-state index contributed by atoms with van der Waals surface area (Å²) in [6.07, 6.45) is 3.66. The molecule has 0 unspecified atom stereocenters. The number of benzene rings is 1. The number of nitrogens with zero attached hydrogens (tertiary/aromatic N) is 2. The molecule has 1 N–H and O–H groups in total. The van der Waals surface area contributed by atoms with Gasteiger partial charge in [0.25, 0.3) is 0 Å². The van der Waals surface area contributed by atoms with Gasteiger partial charge in [0.05, 0.1) is 23.1 Å². The van der Waals surface area contributed by atoms with Gasteiger partial charge in [0, 0.05) is 24.3 Å². The van der Waals surface area contributed by atoms with Crippen LogP contribution in [0.2, 0.25) is 5.02 Å². The number of aromatic nitrogens is 1. The van der Waals surface area contributed by atoms with Crippen LogP contribution in [0, 0.1) is 11.6 Å². The molecule has 6 heteroatoms. The molecule has 1 atom stereocenters. The van der Waals surface area contributed by atoms with Gasteiger partial charge in [-0.15, -0.1) is 0 Å². The van der Waals surface area contributed by atoms with E-state index in [1.54, 1.807) is 18.3 Å². The van der Waals surface area contributed by atoms with Crippen LogP contribution >= 0.6 is 11.6 Å². The van der Waals surface area contributed by atoms with Crippen LogP contribution in [0.15, 0.2) is 36.7 Å². The Morgan fingerprint density at radius 1 is 1.19 bits per heavy atom. The highest BCUT2D eigenvalue weighted by molar-refractivity contribution is 6.31. The molecule has 1 aromatic carbocycles. The maximum Gasteiger partial charge on any atom is 0.143 e. The van der Waals surface area contributed by atoms with Crippen molar-refractivity contribution < 1.29 is 8.78 Å². The second-order valence-electron chi connectivity index (χ2n) is 4.98. The fourth-order valence-electron chi connectivity index (χ4n) is 2.60. The lowest BCUT2D eigenvalue weighted by molar-refractivity contribution is 0.618. The molecule has 2 heterocycles. The van der Waals surface area contributed by atoms with Crippen molar-refractivity contribution in [3.8, 4) is 0 Å². The van der Waals surface area contributed by atoms with E-state index in [0.29, 0.717) is 5.69 Å². The zero-order chi connectivity index (χ0) is 14.8. The van der Waals surface area contributed by atoms with E-state index in [1.807, 2.05) is 4.90 Å². The van der Waals surface area contributed by atoms with Crippen molar-refractivity contribution in [1.29, 1.82) is 0 Å². The molecule has 3 rings (SSSR count). The van der Waals surface area contributed by atoms with E-state index in [9.17, 15) is 8.78 Å². The molecule has 1 aliphatic heterocycles. The van der Waals surface area contributed by atoms with Crippen molar-refractivity contribution in [2.75, 3.05) is 18.0 Å². The molecule has 0 aliphatic carbocycles. The lowest BCUT2D eigenvalue weighted by Gasteiger charge is -2.30. The van der Waals surface area contributed by atoms with Crippen molar-refractivity contribution in [3.63, 3.8) is 0 Å². The van der Waals surface area contributed by atoms with Crippen LogP contribution in [0.1, 0.15) is 6.42 Å². The maximum atomic E-state index is 13.5. The van der Waals surface area contributed by atoms with Gasteiger partial charge in [-0.1, -0.05) is 11.6 Å². The van der Waals surface area contributed by atoms with Crippen molar-refractivity contribution in [1.82, 2.24) is 10.3 Å². The van der Waals surface area contributed by atoms with Gasteiger partial charge in [-0.05, 0) is 31.2 Å². The predicted octanol–water partition coefficient (Wildman–Crippen LogP) is 3.51. The van der Waals surface area contributed by atoms with E-state index < -0.39 is 11.6 Å². The molecule has 21 heavy (non-hydrogen) atoms. The Morgan fingerprint density at radius 2 is 2.05 bits per heavy atom. The monoisotopic (exact) mass is 309 g/mol. The molecular weight excluding hydrogens is 296 g/mol. The predicted molar refractivity (Wildman–Crippen MR) is 79.0 cm³/mol. The molecule has 1 fully saturated rings. The van der Waals surface area contributed by atoms with E-state index in [-0.39, 0.29) is 11.1 Å². The number of anilines is 2. The molecule has 0 amide bonds. The maximum absolute atomic E-state index is 13.5.